The number of pyridine rings is 1. The van der Waals surface area contributed by atoms with E-state index in [0.29, 0.717) is 5.69 Å². The van der Waals surface area contributed by atoms with Crippen LogP contribution in [0.4, 0.5) is 4.39 Å². The van der Waals surface area contributed by atoms with Crippen LogP contribution < -0.4 is 4.73 Å². The van der Waals surface area contributed by atoms with Crippen molar-refractivity contribution in [3.8, 4) is 11.1 Å². The van der Waals surface area contributed by atoms with Crippen LogP contribution in [-0.4, -0.2) is 0 Å². The average molecular weight is 203 g/mol. The van der Waals surface area contributed by atoms with E-state index in [2.05, 4.69) is 0 Å². The normalized spacial score (nSPS) is 10.3. The second kappa shape index (κ2) is 3.69. The van der Waals surface area contributed by atoms with Gasteiger partial charge in [-0.05, 0) is 23.8 Å². The monoisotopic (exact) mass is 203 g/mol. The highest BCUT2D eigenvalue weighted by molar-refractivity contribution is 5.64. The molecule has 0 unspecified atom stereocenters. The summed E-state index contributed by atoms with van der Waals surface area (Å²) in [5, 5.41) is 11.3. The first-order chi connectivity index (χ1) is 7.18. The molecule has 0 N–H and O–H groups in total. The second-order valence-corrected chi connectivity index (χ2v) is 3.34. The first kappa shape index (κ1) is 9.65. The smallest absolute Gasteiger partial charge is 0.197 e. The van der Waals surface area contributed by atoms with Gasteiger partial charge in [0.25, 0.3) is 0 Å². The van der Waals surface area contributed by atoms with Gasteiger partial charge in [-0.15, -0.1) is 0 Å². The van der Waals surface area contributed by atoms with Gasteiger partial charge in [0, 0.05) is 18.6 Å². The average Bonchev–Trinajstić information content (AvgIpc) is 2.24. The summed E-state index contributed by atoms with van der Waals surface area (Å²) in [4.78, 5) is 0. The molecule has 2 nitrogen and oxygen atoms in total. The van der Waals surface area contributed by atoms with Crippen molar-refractivity contribution in [3.63, 3.8) is 0 Å². The first-order valence-electron chi connectivity index (χ1n) is 4.63. The van der Waals surface area contributed by atoms with Crippen LogP contribution in [0.15, 0.2) is 42.6 Å². The Bertz CT molecular complexity index is 479. The number of hydrogen-bond donors (Lipinski definition) is 0. The fraction of sp³-hybridized carbons (Fsp3) is 0.0833. The summed E-state index contributed by atoms with van der Waals surface area (Å²) in [6, 6.07) is 9.62. The van der Waals surface area contributed by atoms with E-state index < -0.39 is 0 Å². The molecular formula is C12H10FNO. The van der Waals surface area contributed by atoms with E-state index in [0.717, 1.165) is 15.9 Å². The van der Waals surface area contributed by atoms with Gasteiger partial charge in [0.2, 0.25) is 0 Å². The number of nitrogens with zero attached hydrogens (tertiary/aromatic N) is 1. The third-order valence-corrected chi connectivity index (χ3v) is 2.36. The van der Waals surface area contributed by atoms with E-state index in [4.69, 9.17) is 0 Å². The molecule has 0 saturated heterocycles. The number of rotatable bonds is 1. The van der Waals surface area contributed by atoms with Crippen molar-refractivity contribution in [2.24, 2.45) is 0 Å². The molecule has 0 atom stereocenters. The van der Waals surface area contributed by atoms with E-state index in [1.54, 1.807) is 25.1 Å². The Morgan fingerprint density at radius 3 is 2.47 bits per heavy atom. The van der Waals surface area contributed by atoms with E-state index in [1.807, 2.05) is 6.07 Å². The van der Waals surface area contributed by atoms with Crippen LogP contribution in [0.25, 0.3) is 11.1 Å². The van der Waals surface area contributed by atoms with Crippen LogP contribution in [0.3, 0.4) is 0 Å². The van der Waals surface area contributed by atoms with Gasteiger partial charge in [0.05, 0.1) is 0 Å². The topological polar surface area (TPSA) is 26.9 Å². The van der Waals surface area contributed by atoms with Crippen LogP contribution in [0, 0.1) is 17.9 Å². The Morgan fingerprint density at radius 2 is 1.80 bits per heavy atom. The van der Waals surface area contributed by atoms with E-state index in [1.165, 1.54) is 18.3 Å². The third kappa shape index (κ3) is 1.81. The lowest BCUT2D eigenvalue weighted by atomic mass is 10.0. The van der Waals surface area contributed by atoms with Crippen molar-refractivity contribution in [1.82, 2.24) is 0 Å². The summed E-state index contributed by atoms with van der Waals surface area (Å²) < 4.78 is 13.5. The highest BCUT2D eigenvalue weighted by Crippen LogP contribution is 2.20. The summed E-state index contributed by atoms with van der Waals surface area (Å²) in [6.45, 7) is 1.74. The highest BCUT2D eigenvalue weighted by atomic mass is 19.1. The molecule has 0 radical (unpaired) electrons. The van der Waals surface area contributed by atoms with Gasteiger partial charge >= 0.3 is 0 Å². The quantitative estimate of drug-likeness (QED) is 0.516. The van der Waals surface area contributed by atoms with Crippen LogP contribution in [-0.2, 0) is 0 Å². The summed E-state index contributed by atoms with van der Waals surface area (Å²) in [7, 11) is 0. The van der Waals surface area contributed by atoms with Gasteiger partial charge < -0.3 is 5.21 Å². The van der Waals surface area contributed by atoms with Crippen molar-refractivity contribution in [2.75, 3.05) is 0 Å². The molecule has 3 heteroatoms. The molecule has 0 aliphatic heterocycles. The molecule has 0 spiro atoms. The number of hydrogen-bond acceptors (Lipinski definition) is 1. The van der Waals surface area contributed by atoms with Crippen LogP contribution in [0.5, 0.6) is 0 Å². The Hall–Kier alpha value is -1.90. The number of aromatic nitrogens is 1. The van der Waals surface area contributed by atoms with Crippen LogP contribution >= 0.6 is 0 Å². The molecule has 76 valence electrons. The minimum absolute atomic E-state index is 0.276. The molecule has 0 aliphatic rings. The molecule has 15 heavy (non-hydrogen) atoms. The van der Waals surface area contributed by atoms with Gasteiger partial charge in [0.1, 0.15) is 5.82 Å². The number of halogens is 1. The molecule has 1 aromatic heterocycles. The third-order valence-electron chi connectivity index (χ3n) is 2.36. The molecule has 1 heterocycles. The fourth-order valence-corrected chi connectivity index (χ4v) is 1.50. The predicted octanol–water partition coefficient (Wildman–Crippen LogP) is 2.43. The maximum Gasteiger partial charge on any atom is 0.197 e. The Balaban J connectivity index is 2.54. The molecule has 0 aliphatic carbocycles. The fourth-order valence-electron chi connectivity index (χ4n) is 1.50. The SMILES string of the molecule is Cc1c(-c2ccc(F)cc2)ccc[n+]1[O-]. The molecular weight excluding hydrogens is 193 g/mol. The molecule has 1 aromatic carbocycles. The minimum atomic E-state index is -0.276. The van der Waals surface area contributed by atoms with Crippen molar-refractivity contribution >= 4 is 0 Å². The lowest BCUT2D eigenvalue weighted by molar-refractivity contribution is -0.611. The Kier molecular flexibility index (Phi) is 2.37. The van der Waals surface area contributed by atoms with E-state index >= 15 is 0 Å². The first-order valence-corrected chi connectivity index (χ1v) is 4.63. The lowest BCUT2D eigenvalue weighted by Gasteiger charge is -2.06. The lowest BCUT2D eigenvalue weighted by Crippen LogP contribution is -2.29. The molecule has 0 amide bonds. The second-order valence-electron chi connectivity index (χ2n) is 3.34. The Labute approximate surface area is 87.2 Å². The summed E-state index contributed by atoms with van der Waals surface area (Å²) >= 11 is 0. The highest BCUT2D eigenvalue weighted by Gasteiger charge is 2.08. The van der Waals surface area contributed by atoms with Gasteiger partial charge in [-0.1, -0.05) is 12.1 Å². The zero-order valence-corrected chi connectivity index (χ0v) is 8.27. The van der Waals surface area contributed by atoms with Gasteiger partial charge in [-0.2, -0.15) is 4.73 Å². The van der Waals surface area contributed by atoms with Crippen molar-refractivity contribution < 1.29 is 9.12 Å². The molecule has 2 rings (SSSR count). The van der Waals surface area contributed by atoms with Crippen molar-refractivity contribution in [1.29, 1.82) is 0 Å². The minimum Gasteiger partial charge on any atom is -0.618 e. The van der Waals surface area contributed by atoms with E-state index in [-0.39, 0.29) is 5.82 Å². The zero-order valence-electron chi connectivity index (χ0n) is 8.27. The summed E-state index contributed by atoms with van der Waals surface area (Å²) in [6.07, 6.45) is 1.45. The number of benzene rings is 1. The summed E-state index contributed by atoms with van der Waals surface area (Å²) in [5.41, 5.74) is 2.29. The molecule has 0 saturated carbocycles. The Morgan fingerprint density at radius 1 is 1.13 bits per heavy atom. The molecule has 0 fully saturated rings. The van der Waals surface area contributed by atoms with Crippen LogP contribution in [0.2, 0.25) is 0 Å². The van der Waals surface area contributed by atoms with Crippen molar-refractivity contribution in [3.05, 3.63) is 59.3 Å². The summed E-state index contributed by atoms with van der Waals surface area (Å²) in [5.74, 6) is -0.276. The molecule has 2 aromatic rings. The largest absolute Gasteiger partial charge is 0.618 e. The zero-order chi connectivity index (χ0) is 10.8. The van der Waals surface area contributed by atoms with Crippen molar-refractivity contribution in [2.45, 2.75) is 6.92 Å². The standard InChI is InChI=1S/C12H10FNO/c1-9-12(3-2-8-14(9)15)10-4-6-11(13)7-5-10/h2-8H,1H3. The maximum absolute atomic E-state index is 12.7. The van der Waals surface area contributed by atoms with Crippen LogP contribution in [0.1, 0.15) is 5.69 Å². The predicted molar refractivity (Wildman–Crippen MR) is 55.5 cm³/mol. The van der Waals surface area contributed by atoms with Gasteiger partial charge in [0.15, 0.2) is 11.9 Å². The molecule has 0 bridgehead atoms. The van der Waals surface area contributed by atoms with Gasteiger partial charge in [-0.3, -0.25) is 0 Å². The van der Waals surface area contributed by atoms with Gasteiger partial charge in [-0.25, -0.2) is 4.39 Å². The maximum atomic E-state index is 12.7. The van der Waals surface area contributed by atoms with E-state index in [9.17, 15) is 9.60 Å².